The molecule has 0 fully saturated rings. The van der Waals surface area contributed by atoms with E-state index in [0.29, 0.717) is 6.61 Å². The summed E-state index contributed by atoms with van der Waals surface area (Å²) < 4.78 is 5.25. The standard InChI is InChI=1S/C15H20O2/c1-3-5-11-17-12-15(16)14-9-7-13(6-4-2)8-10-14/h3,7-10H,1,4-6,11-12H2,2H3. The van der Waals surface area contributed by atoms with Crippen molar-refractivity contribution < 1.29 is 9.53 Å². The molecule has 1 aromatic carbocycles. The molecule has 2 heteroatoms. The van der Waals surface area contributed by atoms with E-state index in [1.165, 1.54) is 5.56 Å². The van der Waals surface area contributed by atoms with Gasteiger partial charge in [-0.15, -0.1) is 6.58 Å². The summed E-state index contributed by atoms with van der Waals surface area (Å²) in [5.74, 6) is 0.0390. The second-order valence-corrected chi connectivity index (χ2v) is 4.00. The fraction of sp³-hybridized carbons (Fsp3) is 0.400. The van der Waals surface area contributed by atoms with Crippen LogP contribution in [0.2, 0.25) is 0 Å². The van der Waals surface area contributed by atoms with Crippen LogP contribution in [0.1, 0.15) is 35.7 Å². The topological polar surface area (TPSA) is 26.3 Å². The van der Waals surface area contributed by atoms with Crippen LogP contribution in [-0.4, -0.2) is 19.0 Å². The van der Waals surface area contributed by atoms with Crippen LogP contribution in [0.15, 0.2) is 36.9 Å². The normalized spacial score (nSPS) is 10.2. The Morgan fingerprint density at radius 3 is 2.65 bits per heavy atom. The van der Waals surface area contributed by atoms with Crippen molar-refractivity contribution >= 4 is 5.78 Å². The number of carbonyl (C=O) groups is 1. The smallest absolute Gasteiger partial charge is 0.188 e. The monoisotopic (exact) mass is 232 g/mol. The van der Waals surface area contributed by atoms with Gasteiger partial charge in [0, 0.05) is 5.56 Å². The first-order valence-electron chi connectivity index (χ1n) is 6.08. The Kier molecular flexibility index (Phi) is 6.26. The van der Waals surface area contributed by atoms with Crippen LogP contribution >= 0.6 is 0 Å². The molecule has 0 unspecified atom stereocenters. The summed E-state index contributed by atoms with van der Waals surface area (Å²) in [6, 6.07) is 7.79. The van der Waals surface area contributed by atoms with Gasteiger partial charge in [-0.05, 0) is 18.4 Å². The van der Waals surface area contributed by atoms with Crippen molar-refractivity contribution in [3.63, 3.8) is 0 Å². The van der Waals surface area contributed by atoms with Gasteiger partial charge in [0.1, 0.15) is 6.61 Å². The van der Waals surface area contributed by atoms with E-state index < -0.39 is 0 Å². The zero-order valence-electron chi connectivity index (χ0n) is 10.4. The second-order valence-electron chi connectivity index (χ2n) is 4.00. The van der Waals surface area contributed by atoms with Crippen LogP contribution in [0.4, 0.5) is 0 Å². The maximum absolute atomic E-state index is 11.7. The molecule has 0 bridgehead atoms. The number of hydrogen-bond acceptors (Lipinski definition) is 2. The summed E-state index contributed by atoms with van der Waals surface area (Å²) in [6.07, 6.45) is 4.75. The fourth-order valence-electron chi connectivity index (χ4n) is 1.56. The number of ether oxygens (including phenoxy) is 1. The molecule has 0 aromatic heterocycles. The minimum absolute atomic E-state index is 0.0390. The maximum atomic E-state index is 11.7. The van der Waals surface area contributed by atoms with E-state index in [-0.39, 0.29) is 12.4 Å². The van der Waals surface area contributed by atoms with E-state index in [1.54, 1.807) is 6.08 Å². The first kappa shape index (κ1) is 13.7. The Hall–Kier alpha value is -1.41. The molecule has 0 saturated heterocycles. The number of ketones is 1. The van der Waals surface area contributed by atoms with Crippen LogP contribution in [0.25, 0.3) is 0 Å². The van der Waals surface area contributed by atoms with Gasteiger partial charge in [-0.1, -0.05) is 43.7 Å². The predicted molar refractivity (Wildman–Crippen MR) is 70.4 cm³/mol. The lowest BCUT2D eigenvalue weighted by atomic mass is 10.1. The third-order valence-corrected chi connectivity index (χ3v) is 2.51. The summed E-state index contributed by atoms with van der Waals surface area (Å²) in [5, 5.41) is 0. The van der Waals surface area contributed by atoms with Gasteiger partial charge in [-0.2, -0.15) is 0 Å². The summed E-state index contributed by atoms with van der Waals surface area (Å²) in [6.45, 7) is 6.46. The largest absolute Gasteiger partial charge is 0.373 e. The van der Waals surface area contributed by atoms with E-state index in [0.717, 1.165) is 24.8 Å². The summed E-state index contributed by atoms with van der Waals surface area (Å²) in [7, 11) is 0. The van der Waals surface area contributed by atoms with Gasteiger partial charge >= 0.3 is 0 Å². The van der Waals surface area contributed by atoms with Crippen molar-refractivity contribution in [1.29, 1.82) is 0 Å². The van der Waals surface area contributed by atoms with Gasteiger partial charge in [0.25, 0.3) is 0 Å². The number of aryl methyl sites for hydroxylation is 1. The van der Waals surface area contributed by atoms with Crippen LogP contribution < -0.4 is 0 Å². The lowest BCUT2D eigenvalue weighted by Gasteiger charge is -2.03. The summed E-state index contributed by atoms with van der Waals surface area (Å²) >= 11 is 0. The summed E-state index contributed by atoms with van der Waals surface area (Å²) in [5.41, 5.74) is 2.00. The van der Waals surface area contributed by atoms with Crippen molar-refractivity contribution in [3.05, 3.63) is 48.0 Å². The molecule has 0 heterocycles. The van der Waals surface area contributed by atoms with E-state index in [4.69, 9.17) is 4.74 Å². The number of rotatable bonds is 8. The molecule has 0 radical (unpaired) electrons. The Labute approximate surface area is 103 Å². The second kappa shape index (κ2) is 7.80. The van der Waals surface area contributed by atoms with Gasteiger partial charge in [0.2, 0.25) is 0 Å². The zero-order chi connectivity index (χ0) is 12.5. The molecule has 2 nitrogen and oxygen atoms in total. The maximum Gasteiger partial charge on any atom is 0.188 e. The quantitative estimate of drug-likeness (QED) is 0.390. The summed E-state index contributed by atoms with van der Waals surface area (Å²) in [4.78, 5) is 11.7. The highest BCUT2D eigenvalue weighted by molar-refractivity contribution is 5.97. The van der Waals surface area contributed by atoms with Crippen molar-refractivity contribution in [2.24, 2.45) is 0 Å². The van der Waals surface area contributed by atoms with Crippen molar-refractivity contribution in [3.8, 4) is 0 Å². The Morgan fingerprint density at radius 1 is 1.35 bits per heavy atom. The lowest BCUT2D eigenvalue weighted by Crippen LogP contribution is -2.09. The Balaban J connectivity index is 2.43. The van der Waals surface area contributed by atoms with E-state index >= 15 is 0 Å². The SMILES string of the molecule is C=CCCOCC(=O)c1ccc(CCC)cc1. The highest BCUT2D eigenvalue weighted by Gasteiger charge is 2.05. The van der Waals surface area contributed by atoms with E-state index in [1.807, 2.05) is 24.3 Å². The molecule has 1 aromatic rings. The molecule has 0 spiro atoms. The molecule has 0 aliphatic heterocycles. The molecular weight excluding hydrogens is 212 g/mol. The minimum atomic E-state index is 0.0390. The van der Waals surface area contributed by atoms with Crippen LogP contribution in [-0.2, 0) is 11.2 Å². The lowest BCUT2D eigenvalue weighted by molar-refractivity contribution is 0.0768. The number of benzene rings is 1. The number of Topliss-reactive ketones (excluding diaryl/α,β-unsaturated/α-hetero) is 1. The third-order valence-electron chi connectivity index (χ3n) is 2.51. The van der Waals surface area contributed by atoms with E-state index in [2.05, 4.69) is 13.5 Å². The van der Waals surface area contributed by atoms with Gasteiger partial charge in [0.15, 0.2) is 5.78 Å². The zero-order valence-corrected chi connectivity index (χ0v) is 10.4. The van der Waals surface area contributed by atoms with Crippen LogP contribution in [0, 0.1) is 0 Å². The number of carbonyl (C=O) groups excluding carboxylic acids is 1. The highest BCUT2D eigenvalue weighted by atomic mass is 16.5. The number of hydrogen-bond donors (Lipinski definition) is 0. The van der Waals surface area contributed by atoms with Crippen LogP contribution in [0.5, 0.6) is 0 Å². The van der Waals surface area contributed by atoms with Crippen LogP contribution in [0.3, 0.4) is 0 Å². The van der Waals surface area contributed by atoms with Crippen molar-refractivity contribution in [2.75, 3.05) is 13.2 Å². The molecule has 0 aliphatic rings. The molecular formula is C15H20O2. The Morgan fingerprint density at radius 2 is 2.06 bits per heavy atom. The first-order valence-corrected chi connectivity index (χ1v) is 6.08. The third kappa shape index (κ3) is 4.96. The molecule has 1 rings (SSSR count). The highest BCUT2D eigenvalue weighted by Crippen LogP contribution is 2.07. The van der Waals surface area contributed by atoms with E-state index in [9.17, 15) is 4.79 Å². The molecule has 0 amide bonds. The average molecular weight is 232 g/mol. The van der Waals surface area contributed by atoms with Gasteiger partial charge in [-0.25, -0.2) is 0 Å². The first-order chi connectivity index (χ1) is 8.27. The average Bonchev–Trinajstić information content (AvgIpc) is 2.36. The molecule has 0 aliphatic carbocycles. The molecule has 0 atom stereocenters. The predicted octanol–water partition coefficient (Wildman–Crippen LogP) is 3.41. The van der Waals surface area contributed by atoms with Gasteiger partial charge in [0.05, 0.1) is 6.61 Å². The van der Waals surface area contributed by atoms with Crippen molar-refractivity contribution in [2.45, 2.75) is 26.2 Å². The van der Waals surface area contributed by atoms with Gasteiger partial charge < -0.3 is 4.74 Å². The molecule has 0 saturated carbocycles. The molecule has 0 N–H and O–H groups in total. The van der Waals surface area contributed by atoms with Gasteiger partial charge in [-0.3, -0.25) is 4.79 Å². The molecule has 17 heavy (non-hydrogen) atoms. The minimum Gasteiger partial charge on any atom is -0.373 e. The Bertz CT molecular complexity index is 352. The van der Waals surface area contributed by atoms with Crippen molar-refractivity contribution in [1.82, 2.24) is 0 Å². The molecule has 92 valence electrons. The fourth-order valence-corrected chi connectivity index (χ4v) is 1.56.